The Hall–Kier alpha value is -2.21. The van der Waals surface area contributed by atoms with Crippen molar-refractivity contribution in [3.05, 3.63) is 64.7 Å². The highest BCUT2D eigenvalue weighted by molar-refractivity contribution is 6.30. The number of rotatable bonds is 4. The zero-order valence-corrected chi connectivity index (χ0v) is 11.9. The number of hydrogen-bond donors (Lipinski definition) is 1. The van der Waals surface area contributed by atoms with Gasteiger partial charge in [0.25, 0.3) is 5.91 Å². The molecule has 116 valence electrons. The highest BCUT2D eigenvalue weighted by Gasteiger charge is 2.30. The molecule has 0 aliphatic rings. The maximum atomic E-state index is 12.0. The molecule has 0 aliphatic carbocycles. The van der Waals surface area contributed by atoms with Crippen molar-refractivity contribution in [3.63, 3.8) is 0 Å². The summed E-state index contributed by atoms with van der Waals surface area (Å²) >= 11 is 5.73. The average molecular weight is 330 g/mol. The second-order valence-electron chi connectivity index (χ2n) is 4.38. The first kappa shape index (κ1) is 16.2. The van der Waals surface area contributed by atoms with Crippen LogP contribution >= 0.6 is 11.6 Å². The second kappa shape index (κ2) is 6.70. The Bertz CT molecular complexity index is 639. The van der Waals surface area contributed by atoms with Crippen LogP contribution in [0.25, 0.3) is 0 Å². The highest BCUT2D eigenvalue weighted by Crippen LogP contribution is 2.22. The van der Waals surface area contributed by atoms with Crippen LogP contribution in [0.4, 0.5) is 13.2 Å². The number of carbonyl (C=O) groups excluding carboxylic acids is 1. The number of nitrogens with one attached hydrogen (secondary N) is 1. The third-order valence-electron chi connectivity index (χ3n) is 2.72. The van der Waals surface area contributed by atoms with E-state index >= 15 is 0 Å². The lowest BCUT2D eigenvalue weighted by atomic mass is 10.2. The Morgan fingerprint density at radius 3 is 2.18 bits per heavy atom. The SMILES string of the molecule is O=C(NCc1ccc(OC(F)(F)F)cc1)c1ccc(Cl)cc1. The zero-order chi connectivity index (χ0) is 16.2. The monoisotopic (exact) mass is 329 g/mol. The van der Waals surface area contributed by atoms with Crippen LogP contribution in [0.1, 0.15) is 15.9 Å². The predicted molar refractivity (Wildman–Crippen MR) is 75.7 cm³/mol. The first-order valence-corrected chi connectivity index (χ1v) is 6.60. The van der Waals surface area contributed by atoms with Gasteiger partial charge in [-0.25, -0.2) is 0 Å². The van der Waals surface area contributed by atoms with E-state index in [1.54, 1.807) is 24.3 Å². The molecule has 1 amide bonds. The van der Waals surface area contributed by atoms with Crippen LogP contribution in [0.3, 0.4) is 0 Å². The molecule has 7 heteroatoms. The average Bonchev–Trinajstić information content (AvgIpc) is 2.45. The Balaban J connectivity index is 1.91. The number of carbonyl (C=O) groups is 1. The van der Waals surface area contributed by atoms with Crippen LogP contribution < -0.4 is 10.1 Å². The molecule has 0 radical (unpaired) electrons. The lowest BCUT2D eigenvalue weighted by Gasteiger charge is -2.10. The van der Waals surface area contributed by atoms with E-state index in [9.17, 15) is 18.0 Å². The van der Waals surface area contributed by atoms with Crippen molar-refractivity contribution in [2.45, 2.75) is 12.9 Å². The van der Waals surface area contributed by atoms with Crippen molar-refractivity contribution in [2.75, 3.05) is 0 Å². The predicted octanol–water partition coefficient (Wildman–Crippen LogP) is 4.17. The van der Waals surface area contributed by atoms with E-state index in [0.717, 1.165) is 0 Å². The van der Waals surface area contributed by atoms with Gasteiger partial charge in [0.2, 0.25) is 0 Å². The first-order chi connectivity index (χ1) is 10.3. The van der Waals surface area contributed by atoms with E-state index < -0.39 is 6.36 Å². The molecule has 0 atom stereocenters. The number of halogens is 4. The summed E-state index contributed by atoms with van der Waals surface area (Å²) in [6, 6.07) is 11.6. The summed E-state index contributed by atoms with van der Waals surface area (Å²) in [6.07, 6.45) is -4.72. The van der Waals surface area contributed by atoms with E-state index in [-0.39, 0.29) is 18.2 Å². The van der Waals surface area contributed by atoms with Crippen LogP contribution in [0.2, 0.25) is 5.02 Å². The third kappa shape index (κ3) is 4.96. The molecule has 2 aromatic carbocycles. The van der Waals surface area contributed by atoms with Gasteiger partial charge in [-0.2, -0.15) is 0 Å². The smallest absolute Gasteiger partial charge is 0.406 e. The third-order valence-corrected chi connectivity index (χ3v) is 2.97. The van der Waals surface area contributed by atoms with Crippen LogP contribution in [-0.2, 0) is 6.54 Å². The molecule has 0 heterocycles. The van der Waals surface area contributed by atoms with Crippen molar-refractivity contribution in [3.8, 4) is 5.75 Å². The Labute approximate surface area is 129 Å². The maximum Gasteiger partial charge on any atom is 0.573 e. The molecule has 0 bridgehead atoms. The highest BCUT2D eigenvalue weighted by atomic mass is 35.5. The molecule has 0 saturated heterocycles. The van der Waals surface area contributed by atoms with Crippen molar-refractivity contribution >= 4 is 17.5 Å². The minimum atomic E-state index is -4.72. The summed E-state index contributed by atoms with van der Waals surface area (Å²) < 4.78 is 39.8. The Morgan fingerprint density at radius 1 is 1.05 bits per heavy atom. The number of ether oxygens (including phenoxy) is 1. The molecular formula is C15H11ClF3NO2. The summed E-state index contributed by atoms with van der Waals surface area (Å²) in [6.45, 7) is 0.188. The topological polar surface area (TPSA) is 38.3 Å². The summed E-state index contributed by atoms with van der Waals surface area (Å²) in [7, 11) is 0. The maximum absolute atomic E-state index is 12.0. The standard InChI is InChI=1S/C15H11ClF3NO2/c16-12-5-3-11(4-6-12)14(21)20-9-10-1-7-13(8-2-10)22-15(17,18)19/h1-8H,9H2,(H,20,21). The fraction of sp³-hybridized carbons (Fsp3) is 0.133. The van der Waals surface area contributed by atoms with Crippen molar-refractivity contribution in [1.29, 1.82) is 0 Å². The molecule has 0 fully saturated rings. The molecule has 0 aliphatic heterocycles. The number of amides is 1. The summed E-state index contributed by atoms with van der Waals surface area (Å²) in [5, 5.41) is 3.18. The molecular weight excluding hydrogens is 319 g/mol. The van der Waals surface area contributed by atoms with E-state index in [2.05, 4.69) is 10.1 Å². The zero-order valence-electron chi connectivity index (χ0n) is 11.2. The van der Waals surface area contributed by atoms with Gasteiger partial charge in [-0.05, 0) is 42.0 Å². The van der Waals surface area contributed by atoms with E-state index in [1.165, 1.54) is 24.3 Å². The molecule has 2 rings (SSSR count). The molecule has 0 unspecified atom stereocenters. The minimum Gasteiger partial charge on any atom is -0.406 e. The summed E-state index contributed by atoms with van der Waals surface area (Å²) in [4.78, 5) is 11.9. The Morgan fingerprint density at radius 2 is 1.64 bits per heavy atom. The van der Waals surface area contributed by atoms with Crippen LogP contribution in [0.5, 0.6) is 5.75 Å². The fourth-order valence-electron chi connectivity index (χ4n) is 1.69. The molecule has 1 N–H and O–H groups in total. The molecule has 0 saturated carbocycles. The van der Waals surface area contributed by atoms with Crippen molar-refractivity contribution in [1.82, 2.24) is 5.32 Å². The van der Waals surface area contributed by atoms with Gasteiger partial charge in [-0.3, -0.25) is 4.79 Å². The number of alkyl halides is 3. The molecule has 2 aromatic rings. The van der Waals surface area contributed by atoms with Gasteiger partial charge in [-0.15, -0.1) is 13.2 Å². The van der Waals surface area contributed by atoms with Crippen LogP contribution in [-0.4, -0.2) is 12.3 Å². The fourth-order valence-corrected chi connectivity index (χ4v) is 1.82. The van der Waals surface area contributed by atoms with Crippen molar-refractivity contribution in [2.24, 2.45) is 0 Å². The number of hydrogen-bond acceptors (Lipinski definition) is 2. The van der Waals surface area contributed by atoms with Crippen LogP contribution in [0, 0.1) is 0 Å². The van der Waals surface area contributed by atoms with Gasteiger partial charge in [0.05, 0.1) is 0 Å². The molecule has 0 spiro atoms. The lowest BCUT2D eigenvalue weighted by molar-refractivity contribution is -0.274. The minimum absolute atomic E-state index is 0.188. The van der Waals surface area contributed by atoms with E-state index in [0.29, 0.717) is 16.1 Å². The lowest BCUT2D eigenvalue weighted by Crippen LogP contribution is -2.22. The molecule has 3 nitrogen and oxygen atoms in total. The molecule has 22 heavy (non-hydrogen) atoms. The van der Waals surface area contributed by atoms with Gasteiger partial charge < -0.3 is 10.1 Å². The van der Waals surface area contributed by atoms with Gasteiger partial charge in [0.15, 0.2) is 0 Å². The molecule has 0 aromatic heterocycles. The van der Waals surface area contributed by atoms with Crippen LogP contribution in [0.15, 0.2) is 48.5 Å². The second-order valence-corrected chi connectivity index (χ2v) is 4.82. The quantitative estimate of drug-likeness (QED) is 0.914. The van der Waals surface area contributed by atoms with E-state index in [4.69, 9.17) is 11.6 Å². The van der Waals surface area contributed by atoms with E-state index in [1.807, 2.05) is 0 Å². The van der Waals surface area contributed by atoms with Gasteiger partial charge >= 0.3 is 6.36 Å². The first-order valence-electron chi connectivity index (χ1n) is 6.22. The van der Waals surface area contributed by atoms with Gasteiger partial charge in [0, 0.05) is 17.1 Å². The normalized spacial score (nSPS) is 11.1. The number of benzene rings is 2. The Kier molecular flexibility index (Phi) is 4.92. The van der Waals surface area contributed by atoms with Gasteiger partial charge in [0.1, 0.15) is 5.75 Å². The summed E-state index contributed by atoms with van der Waals surface area (Å²) in [5.41, 5.74) is 1.10. The largest absolute Gasteiger partial charge is 0.573 e. The summed E-state index contributed by atoms with van der Waals surface area (Å²) in [5.74, 6) is -0.604. The van der Waals surface area contributed by atoms with Crippen molar-refractivity contribution < 1.29 is 22.7 Å². The van der Waals surface area contributed by atoms with Gasteiger partial charge in [-0.1, -0.05) is 23.7 Å².